The van der Waals surface area contributed by atoms with Crippen molar-refractivity contribution < 1.29 is 4.92 Å². The third-order valence-corrected chi connectivity index (χ3v) is 3.37. The number of hydrogen-bond acceptors (Lipinski definition) is 7. The number of nitro groups is 1. The van der Waals surface area contributed by atoms with Crippen molar-refractivity contribution in [3.63, 3.8) is 0 Å². The molecule has 2 aromatic rings. The minimum absolute atomic E-state index is 0.111. The summed E-state index contributed by atoms with van der Waals surface area (Å²) in [5.74, 6) is 0.488. The van der Waals surface area contributed by atoms with Crippen LogP contribution in [0, 0.1) is 10.1 Å². The second-order valence-electron chi connectivity index (χ2n) is 4.02. The number of thiophene rings is 1. The molecule has 0 aliphatic carbocycles. The second-order valence-corrected chi connectivity index (χ2v) is 4.80. The molecule has 0 atom stereocenters. The van der Waals surface area contributed by atoms with Crippen LogP contribution in [-0.4, -0.2) is 28.0 Å². The van der Waals surface area contributed by atoms with E-state index in [2.05, 4.69) is 26.0 Å². The monoisotopic (exact) mass is 293 g/mol. The average molecular weight is 293 g/mol. The first-order chi connectivity index (χ1) is 9.72. The molecular weight excluding hydrogens is 278 g/mol. The van der Waals surface area contributed by atoms with Gasteiger partial charge in [0.2, 0.25) is 11.6 Å². The van der Waals surface area contributed by atoms with Crippen molar-refractivity contribution in [3.05, 3.63) is 38.8 Å². The molecule has 2 rings (SSSR count). The highest BCUT2D eigenvalue weighted by molar-refractivity contribution is 7.07. The molecule has 106 valence electrons. The Morgan fingerprint density at radius 3 is 2.70 bits per heavy atom. The standard InChI is InChI=1S/C12H15N5O2S/c1-2-13-11-10(17(18)19)12(16-8-15-11)14-5-3-9-4-6-20-7-9/h4,6-8H,2-3,5H2,1H3,(H2,13,14,15,16). The van der Waals surface area contributed by atoms with Crippen LogP contribution in [0.3, 0.4) is 0 Å². The average Bonchev–Trinajstić information content (AvgIpc) is 2.92. The van der Waals surface area contributed by atoms with E-state index in [1.54, 1.807) is 11.3 Å². The van der Waals surface area contributed by atoms with Gasteiger partial charge in [-0.05, 0) is 35.7 Å². The summed E-state index contributed by atoms with van der Waals surface area (Å²) in [6.07, 6.45) is 2.11. The van der Waals surface area contributed by atoms with E-state index >= 15 is 0 Å². The maximum absolute atomic E-state index is 11.2. The summed E-state index contributed by atoms with van der Waals surface area (Å²) >= 11 is 1.63. The van der Waals surface area contributed by atoms with Crippen LogP contribution in [-0.2, 0) is 6.42 Å². The lowest BCUT2D eigenvalue weighted by Crippen LogP contribution is -2.11. The molecule has 0 fully saturated rings. The topological polar surface area (TPSA) is 93.0 Å². The van der Waals surface area contributed by atoms with E-state index in [-0.39, 0.29) is 17.3 Å². The van der Waals surface area contributed by atoms with Crippen LogP contribution in [0.25, 0.3) is 0 Å². The van der Waals surface area contributed by atoms with Crippen molar-refractivity contribution in [2.24, 2.45) is 0 Å². The van der Waals surface area contributed by atoms with Gasteiger partial charge in [-0.15, -0.1) is 0 Å². The Kier molecular flexibility index (Phi) is 4.83. The molecule has 20 heavy (non-hydrogen) atoms. The molecule has 2 heterocycles. The number of aromatic nitrogens is 2. The summed E-state index contributed by atoms with van der Waals surface area (Å²) in [5, 5.41) is 21.1. The van der Waals surface area contributed by atoms with Crippen molar-refractivity contribution in [2.45, 2.75) is 13.3 Å². The Morgan fingerprint density at radius 2 is 2.10 bits per heavy atom. The maximum Gasteiger partial charge on any atom is 0.353 e. The van der Waals surface area contributed by atoms with E-state index in [4.69, 9.17) is 0 Å². The minimum atomic E-state index is -0.467. The quantitative estimate of drug-likeness (QED) is 0.602. The largest absolute Gasteiger partial charge is 0.364 e. The Hall–Kier alpha value is -2.22. The highest BCUT2D eigenvalue weighted by Gasteiger charge is 2.22. The van der Waals surface area contributed by atoms with Gasteiger partial charge in [0.15, 0.2) is 0 Å². The van der Waals surface area contributed by atoms with Crippen LogP contribution in [0.1, 0.15) is 12.5 Å². The van der Waals surface area contributed by atoms with Gasteiger partial charge in [0.1, 0.15) is 6.33 Å². The smallest absolute Gasteiger partial charge is 0.353 e. The van der Waals surface area contributed by atoms with Gasteiger partial charge in [-0.1, -0.05) is 0 Å². The first-order valence-electron chi connectivity index (χ1n) is 6.20. The molecule has 0 aromatic carbocycles. The summed E-state index contributed by atoms with van der Waals surface area (Å²) in [4.78, 5) is 18.6. The summed E-state index contributed by atoms with van der Waals surface area (Å²) in [6.45, 7) is 3.00. The Balaban J connectivity index is 2.09. The van der Waals surface area contributed by atoms with E-state index in [1.807, 2.05) is 18.4 Å². The Morgan fingerprint density at radius 1 is 1.35 bits per heavy atom. The molecule has 8 heteroatoms. The summed E-state index contributed by atoms with van der Waals surface area (Å²) in [5.41, 5.74) is 1.09. The van der Waals surface area contributed by atoms with Gasteiger partial charge >= 0.3 is 5.69 Å². The van der Waals surface area contributed by atoms with Crippen LogP contribution in [0.4, 0.5) is 17.3 Å². The number of nitrogens with one attached hydrogen (secondary N) is 2. The molecule has 0 unspecified atom stereocenters. The predicted octanol–water partition coefficient (Wildman–Crippen LogP) is 2.53. The number of nitrogens with zero attached hydrogens (tertiary/aromatic N) is 3. The molecule has 2 aromatic heterocycles. The highest BCUT2D eigenvalue weighted by Crippen LogP contribution is 2.28. The van der Waals surface area contributed by atoms with Crippen molar-refractivity contribution in [1.29, 1.82) is 0 Å². The van der Waals surface area contributed by atoms with Gasteiger partial charge in [0.05, 0.1) is 4.92 Å². The van der Waals surface area contributed by atoms with Crippen LogP contribution < -0.4 is 10.6 Å². The molecule has 0 saturated carbocycles. The SMILES string of the molecule is CCNc1ncnc(NCCc2ccsc2)c1[N+](=O)[O-]. The molecule has 0 radical (unpaired) electrons. The van der Waals surface area contributed by atoms with Gasteiger partial charge in [0, 0.05) is 13.1 Å². The van der Waals surface area contributed by atoms with Gasteiger partial charge in [-0.3, -0.25) is 10.1 Å². The molecule has 0 amide bonds. The first-order valence-corrected chi connectivity index (χ1v) is 7.15. The number of rotatable bonds is 7. The van der Waals surface area contributed by atoms with E-state index in [0.29, 0.717) is 13.1 Å². The zero-order valence-electron chi connectivity index (χ0n) is 11.0. The van der Waals surface area contributed by atoms with Gasteiger partial charge in [-0.2, -0.15) is 11.3 Å². The van der Waals surface area contributed by atoms with E-state index in [1.165, 1.54) is 11.9 Å². The van der Waals surface area contributed by atoms with Crippen molar-refractivity contribution >= 4 is 28.7 Å². The predicted molar refractivity (Wildman–Crippen MR) is 79.4 cm³/mol. The van der Waals surface area contributed by atoms with Crippen LogP contribution in [0.15, 0.2) is 23.2 Å². The van der Waals surface area contributed by atoms with Crippen LogP contribution in [0.5, 0.6) is 0 Å². The normalized spacial score (nSPS) is 10.2. The fraction of sp³-hybridized carbons (Fsp3) is 0.333. The lowest BCUT2D eigenvalue weighted by atomic mass is 10.2. The lowest BCUT2D eigenvalue weighted by molar-refractivity contribution is -0.383. The van der Waals surface area contributed by atoms with Gasteiger partial charge < -0.3 is 10.6 Å². The Bertz CT molecular complexity index is 573. The second kappa shape index (κ2) is 6.80. The summed E-state index contributed by atoms with van der Waals surface area (Å²) in [6, 6.07) is 2.03. The number of hydrogen-bond donors (Lipinski definition) is 2. The molecule has 7 nitrogen and oxygen atoms in total. The Labute approximate surface area is 120 Å². The van der Waals surface area contributed by atoms with Crippen molar-refractivity contribution in [2.75, 3.05) is 23.7 Å². The molecule has 0 bridgehead atoms. The zero-order chi connectivity index (χ0) is 14.4. The zero-order valence-corrected chi connectivity index (χ0v) is 11.8. The van der Waals surface area contributed by atoms with Crippen LogP contribution in [0.2, 0.25) is 0 Å². The van der Waals surface area contributed by atoms with Gasteiger partial charge in [-0.25, -0.2) is 9.97 Å². The highest BCUT2D eigenvalue weighted by atomic mass is 32.1. The van der Waals surface area contributed by atoms with Crippen molar-refractivity contribution in [1.82, 2.24) is 9.97 Å². The number of anilines is 2. The van der Waals surface area contributed by atoms with E-state index < -0.39 is 4.92 Å². The van der Waals surface area contributed by atoms with E-state index in [0.717, 1.165) is 6.42 Å². The first kappa shape index (κ1) is 14.2. The molecule has 0 saturated heterocycles. The summed E-state index contributed by atoms with van der Waals surface area (Å²) < 4.78 is 0. The van der Waals surface area contributed by atoms with Gasteiger partial charge in [0.25, 0.3) is 0 Å². The molecular formula is C12H15N5O2S. The lowest BCUT2D eigenvalue weighted by Gasteiger charge is -2.08. The molecule has 0 aliphatic heterocycles. The summed E-state index contributed by atoms with van der Waals surface area (Å²) in [7, 11) is 0. The maximum atomic E-state index is 11.2. The third kappa shape index (κ3) is 3.41. The molecule has 0 spiro atoms. The fourth-order valence-electron chi connectivity index (χ4n) is 1.74. The molecule has 2 N–H and O–H groups in total. The van der Waals surface area contributed by atoms with Crippen molar-refractivity contribution in [3.8, 4) is 0 Å². The molecule has 0 aliphatic rings. The minimum Gasteiger partial charge on any atom is -0.364 e. The fourth-order valence-corrected chi connectivity index (χ4v) is 2.44. The van der Waals surface area contributed by atoms with Crippen LogP contribution >= 0.6 is 11.3 Å². The van der Waals surface area contributed by atoms with E-state index in [9.17, 15) is 10.1 Å². The third-order valence-electron chi connectivity index (χ3n) is 2.64.